The smallest absolute Gasteiger partial charge is 0.0399 e. The van der Waals surface area contributed by atoms with Crippen LogP contribution in [0.15, 0.2) is 6.08 Å². The van der Waals surface area contributed by atoms with Crippen molar-refractivity contribution in [3.05, 3.63) is 6.08 Å². The molecule has 1 rings (SSSR count). The third-order valence-corrected chi connectivity index (χ3v) is 2.02. The van der Waals surface area contributed by atoms with Gasteiger partial charge in [0.25, 0.3) is 0 Å². The van der Waals surface area contributed by atoms with Crippen molar-refractivity contribution in [2.45, 2.75) is 0 Å². The van der Waals surface area contributed by atoms with Crippen molar-refractivity contribution in [2.75, 3.05) is 5.75 Å². The van der Waals surface area contributed by atoms with Crippen LogP contribution >= 0.6 is 0 Å². The summed E-state index contributed by atoms with van der Waals surface area (Å²) >= 11 is 0. The number of nitrogens with zero attached hydrogens (tertiary/aromatic N) is 1. The van der Waals surface area contributed by atoms with Crippen LogP contribution in [0.25, 0.3) is 0 Å². The summed E-state index contributed by atoms with van der Waals surface area (Å²) < 4.78 is 0. The maximum absolute atomic E-state index is 8.08. The van der Waals surface area contributed by atoms with Crippen LogP contribution in [0.4, 0.5) is 0 Å². The van der Waals surface area contributed by atoms with Crippen molar-refractivity contribution < 1.29 is 0 Å². The first-order chi connectivity index (χ1) is 3.43. The molecular weight excluding hydrogens is 106 g/mol. The number of allylic oxidation sites excluding steroid dienone is 1. The van der Waals surface area contributed by atoms with Crippen LogP contribution in [-0.2, 0) is 10.1 Å². The Morgan fingerprint density at radius 1 is 1.86 bits per heavy atom. The first-order valence-corrected chi connectivity index (χ1v) is 3.38. The second kappa shape index (κ2) is 1.88. The van der Waals surface area contributed by atoms with Gasteiger partial charge in [-0.05, 0) is 5.75 Å². The minimum absolute atomic E-state index is 0.112. The summed E-state index contributed by atoms with van der Waals surface area (Å²) in [4.78, 5) is 0. The van der Waals surface area contributed by atoms with E-state index in [9.17, 15) is 0 Å². The lowest BCUT2D eigenvalue weighted by molar-refractivity contribution is 1.50. The maximum atomic E-state index is 8.08. The Morgan fingerprint density at radius 3 is 2.71 bits per heavy atom. The van der Waals surface area contributed by atoms with Gasteiger partial charge in [0.1, 0.15) is 0 Å². The van der Waals surface area contributed by atoms with E-state index in [4.69, 9.17) is 5.26 Å². The number of hydrogen-bond donors (Lipinski definition) is 0. The molecule has 0 atom stereocenters. The first kappa shape index (κ1) is 4.52. The van der Waals surface area contributed by atoms with Crippen molar-refractivity contribution >= 4 is 20.5 Å². The molecule has 1 nitrogen and oxygen atoms in total. The predicted molar refractivity (Wildman–Crippen MR) is 33.5 cm³/mol. The Balaban J connectivity index is 2.66. The highest BCUT2D eigenvalue weighted by Gasteiger charge is 1.64. The minimum atomic E-state index is 0.112. The highest BCUT2D eigenvalue weighted by atomic mass is 32.2. The average molecular weight is 110 g/mol. The zero-order valence-electron chi connectivity index (χ0n) is 3.72. The molecule has 0 aromatic heterocycles. The summed E-state index contributed by atoms with van der Waals surface area (Å²) in [6.07, 6.45) is 1.86. The largest absolute Gasteiger partial charge is 0.415 e. The molecule has 0 aromatic carbocycles. The van der Waals surface area contributed by atoms with E-state index in [1.54, 1.807) is 0 Å². The fourth-order valence-electron chi connectivity index (χ4n) is 0.324. The molecule has 2 heteroatoms. The van der Waals surface area contributed by atoms with E-state index in [2.05, 4.69) is 11.1 Å². The molecule has 7 heavy (non-hydrogen) atoms. The van der Waals surface area contributed by atoms with Crippen LogP contribution in [0.1, 0.15) is 0 Å². The zero-order chi connectivity index (χ0) is 5.11. The van der Waals surface area contributed by atoms with Crippen molar-refractivity contribution in [2.24, 2.45) is 0 Å². The SMILES string of the molecule is N#CC[S-]1=C=CC=1. The van der Waals surface area contributed by atoms with Gasteiger partial charge in [0.15, 0.2) is 0 Å². The molecule has 0 bridgehead atoms. The molecule has 1 heterocycles. The number of hydrogen-bond acceptors (Lipinski definition) is 2. The molecule has 1 aliphatic rings. The fraction of sp³-hybridized carbons (Fsp3) is 0.200. The van der Waals surface area contributed by atoms with E-state index in [0.29, 0.717) is 5.75 Å². The quantitative estimate of drug-likeness (QED) is 0.341. The molecule has 1 aliphatic heterocycles. The Labute approximate surface area is 44.4 Å². The number of nitriles is 1. The third kappa shape index (κ3) is 0.866. The molecule has 0 saturated carbocycles. The fourth-order valence-corrected chi connectivity index (χ4v) is 0.971. The topological polar surface area (TPSA) is 23.8 Å². The molecule has 0 N–H and O–H groups in total. The molecule has 0 aromatic rings. The Kier molecular flexibility index (Phi) is 1.21. The summed E-state index contributed by atoms with van der Waals surface area (Å²) in [6, 6.07) is 2.07. The molecule has 0 spiro atoms. The summed E-state index contributed by atoms with van der Waals surface area (Å²) in [7, 11) is 0.112. The second-order valence-corrected chi connectivity index (χ2v) is 2.81. The molecule has 0 amide bonds. The van der Waals surface area contributed by atoms with Gasteiger partial charge in [0.2, 0.25) is 0 Å². The molecule has 36 valence electrons. The van der Waals surface area contributed by atoms with Crippen LogP contribution in [-0.4, -0.2) is 16.1 Å². The van der Waals surface area contributed by atoms with Gasteiger partial charge in [0.05, 0.1) is 0 Å². The van der Waals surface area contributed by atoms with Crippen molar-refractivity contribution in [3.8, 4) is 6.07 Å². The monoisotopic (exact) mass is 110 g/mol. The zero-order valence-corrected chi connectivity index (χ0v) is 4.53. The van der Waals surface area contributed by atoms with Gasteiger partial charge in [-0.25, -0.2) is 5.26 Å². The summed E-state index contributed by atoms with van der Waals surface area (Å²) in [5.41, 5.74) is 0. The van der Waals surface area contributed by atoms with Gasteiger partial charge < -0.3 is 10.1 Å². The van der Waals surface area contributed by atoms with Crippen LogP contribution < -0.4 is 0 Å². The van der Waals surface area contributed by atoms with Crippen LogP contribution in [0, 0.1) is 11.3 Å². The van der Waals surface area contributed by atoms with Crippen LogP contribution in [0.5, 0.6) is 0 Å². The van der Waals surface area contributed by atoms with Crippen LogP contribution in [0.3, 0.4) is 0 Å². The van der Waals surface area contributed by atoms with E-state index >= 15 is 0 Å². The van der Waals surface area contributed by atoms with Gasteiger partial charge in [-0.15, -0.1) is 0 Å². The van der Waals surface area contributed by atoms with Crippen molar-refractivity contribution in [3.63, 3.8) is 0 Å². The molecular formula is C5H4NS-. The lowest BCUT2D eigenvalue weighted by Gasteiger charge is -2.03. The normalized spacial score (nSPS) is 15.9. The summed E-state index contributed by atoms with van der Waals surface area (Å²) in [5.74, 6) is 0.622. The first-order valence-electron chi connectivity index (χ1n) is 1.93. The lowest BCUT2D eigenvalue weighted by atomic mass is 10.8. The maximum Gasteiger partial charge on any atom is 0.0399 e. The van der Waals surface area contributed by atoms with Crippen molar-refractivity contribution in [1.29, 1.82) is 5.26 Å². The molecule has 0 radical (unpaired) electrons. The molecule has 0 saturated heterocycles. The lowest BCUT2D eigenvalue weighted by Crippen LogP contribution is -1.93. The number of rotatable bonds is 1. The van der Waals surface area contributed by atoms with Gasteiger partial charge in [-0.3, -0.25) is 5.02 Å². The van der Waals surface area contributed by atoms with Gasteiger partial charge in [-0.2, -0.15) is 5.37 Å². The average Bonchev–Trinajstić information content (AvgIpc) is 1.55. The van der Waals surface area contributed by atoms with E-state index in [1.165, 1.54) is 0 Å². The standard InChI is InChI=1S/C5H4NS/c6-2-5-7-3-1-4-7/h1,3H,5H2/q-1. The van der Waals surface area contributed by atoms with E-state index in [-0.39, 0.29) is 10.1 Å². The Hall–Kier alpha value is -0.640. The molecule has 0 aliphatic carbocycles. The van der Waals surface area contributed by atoms with Crippen molar-refractivity contribution in [1.82, 2.24) is 0 Å². The minimum Gasteiger partial charge on any atom is -0.415 e. The third-order valence-electron chi connectivity index (χ3n) is 0.672. The Morgan fingerprint density at radius 2 is 2.57 bits per heavy atom. The summed E-state index contributed by atoms with van der Waals surface area (Å²) in [5, 5.41) is 13.1. The summed E-state index contributed by atoms with van der Waals surface area (Å²) in [6.45, 7) is 0. The highest BCUT2D eigenvalue weighted by molar-refractivity contribution is 7.95. The van der Waals surface area contributed by atoms with Gasteiger partial charge in [-0.1, -0.05) is 6.08 Å². The highest BCUT2D eigenvalue weighted by Crippen LogP contribution is 1.73. The van der Waals surface area contributed by atoms with Gasteiger partial charge >= 0.3 is 0 Å². The van der Waals surface area contributed by atoms with Gasteiger partial charge in [0, 0.05) is 6.07 Å². The van der Waals surface area contributed by atoms with E-state index in [1.807, 2.05) is 11.4 Å². The Bertz CT molecular complexity index is 219. The van der Waals surface area contributed by atoms with E-state index < -0.39 is 0 Å². The van der Waals surface area contributed by atoms with E-state index in [0.717, 1.165) is 0 Å². The second-order valence-electron chi connectivity index (χ2n) is 1.15. The van der Waals surface area contributed by atoms with Crippen LogP contribution in [0.2, 0.25) is 0 Å². The molecule has 0 fully saturated rings. The molecule has 0 unspecified atom stereocenters. The predicted octanol–water partition coefficient (Wildman–Crippen LogP) is -0.0986.